The van der Waals surface area contributed by atoms with Crippen LogP contribution in [0.4, 0.5) is 4.39 Å². The van der Waals surface area contributed by atoms with Gasteiger partial charge in [-0.1, -0.05) is 24.3 Å². The Morgan fingerprint density at radius 1 is 0.933 bits per heavy atom. The quantitative estimate of drug-likeness (QED) is 0.728. The molecule has 1 aliphatic rings. The zero-order valence-electron chi connectivity index (χ0n) is 17.0. The number of piperazine rings is 1. The molecule has 0 radical (unpaired) electrons. The second kappa shape index (κ2) is 8.95. The highest BCUT2D eigenvalue weighted by Crippen LogP contribution is 2.22. The summed E-state index contributed by atoms with van der Waals surface area (Å²) in [5.74, 6) is -0.782. The normalized spacial score (nSPS) is 14.8. The molecule has 6 nitrogen and oxygen atoms in total. The molecule has 1 heterocycles. The van der Waals surface area contributed by atoms with Crippen molar-refractivity contribution in [1.29, 1.82) is 0 Å². The first-order chi connectivity index (χ1) is 14.2. The summed E-state index contributed by atoms with van der Waals surface area (Å²) in [5, 5.41) is -0.632. The van der Waals surface area contributed by atoms with Gasteiger partial charge in [-0.25, -0.2) is 12.8 Å². The van der Waals surface area contributed by atoms with Crippen molar-refractivity contribution >= 4 is 21.7 Å². The summed E-state index contributed by atoms with van der Waals surface area (Å²) in [7, 11) is -3.59. The molecule has 2 amide bonds. The fraction of sp³-hybridized carbons (Fsp3) is 0.364. The highest BCUT2D eigenvalue weighted by Gasteiger charge is 2.30. The maximum absolute atomic E-state index is 13.0. The van der Waals surface area contributed by atoms with E-state index in [1.54, 1.807) is 47.9 Å². The zero-order chi connectivity index (χ0) is 21.9. The van der Waals surface area contributed by atoms with Crippen molar-refractivity contribution < 1.29 is 22.4 Å². The molecular weight excluding hydrogens is 407 g/mol. The molecule has 0 aliphatic carbocycles. The van der Waals surface area contributed by atoms with Crippen LogP contribution in [0.3, 0.4) is 0 Å². The molecule has 0 atom stereocenters. The van der Waals surface area contributed by atoms with Crippen molar-refractivity contribution in [3.05, 3.63) is 65.5 Å². The average molecular weight is 433 g/mol. The maximum Gasteiger partial charge on any atom is 0.255 e. The summed E-state index contributed by atoms with van der Waals surface area (Å²) < 4.78 is 38.3. The largest absolute Gasteiger partial charge is 0.339 e. The molecule has 0 unspecified atom stereocenters. The standard InChI is InChI=1S/C22H25FN2O4S/c1-16(2)30(28,29)20-6-4-3-5-19(20)22(27)25-13-11-24(12-14-25)21(26)15-17-7-9-18(23)10-8-17/h3-10,16H,11-15H2,1-2H3. The van der Waals surface area contributed by atoms with Crippen LogP contribution < -0.4 is 0 Å². The number of rotatable bonds is 5. The predicted molar refractivity (Wildman–Crippen MR) is 111 cm³/mol. The van der Waals surface area contributed by atoms with E-state index in [0.29, 0.717) is 26.2 Å². The van der Waals surface area contributed by atoms with Gasteiger partial charge in [0, 0.05) is 26.2 Å². The van der Waals surface area contributed by atoms with E-state index in [1.165, 1.54) is 24.3 Å². The van der Waals surface area contributed by atoms with Crippen LogP contribution in [0, 0.1) is 5.82 Å². The minimum atomic E-state index is -3.59. The number of hydrogen-bond acceptors (Lipinski definition) is 4. The third kappa shape index (κ3) is 4.70. The van der Waals surface area contributed by atoms with Gasteiger partial charge in [-0.3, -0.25) is 9.59 Å². The highest BCUT2D eigenvalue weighted by molar-refractivity contribution is 7.92. The molecule has 160 valence electrons. The Morgan fingerprint density at radius 3 is 2.10 bits per heavy atom. The number of halogens is 1. The number of carbonyl (C=O) groups excluding carboxylic acids is 2. The van der Waals surface area contributed by atoms with Crippen molar-refractivity contribution in [2.45, 2.75) is 30.4 Å². The number of nitrogens with zero attached hydrogens (tertiary/aromatic N) is 2. The summed E-state index contributed by atoms with van der Waals surface area (Å²) in [4.78, 5) is 28.8. The van der Waals surface area contributed by atoms with E-state index < -0.39 is 15.1 Å². The van der Waals surface area contributed by atoms with E-state index in [-0.39, 0.29) is 34.5 Å². The Hall–Kier alpha value is -2.74. The van der Waals surface area contributed by atoms with Crippen LogP contribution in [0.1, 0.15) is 29.8 Å². The second-order valence-corrected chi connectivity index (χ2v) is 10.0. The zero-order valence-corrected chi connectivity index (χ0v) is 17.9. The second-order valence-electron chi connectivity index (χ2n) is 7.57. The van der Waals surface area contributed by atoms with E-state index in [4.69, 9.17) is 0 Å². The van der Waals surface area contributed by atoms with Gasteiger partial charge in [-0.05, 0) is 43.7 Å². The molecule has 3 rings (SSSR count). The minimum absolute atomic E-state index is 0.0415. The van der Waals surface area contributed by atoms with Gasteiger partial charge < -0.3 is 9.80 Å². The molecule has 1 saturated heterocycles. The predicted octanol–water partition coefficient (Wildman–Crippen LogP) is 2.53. The number of benzene rings is 2. The van der Waals surface area contributed by atoms with Crippen LogP contribution in [-0.2, 0) is 21.1 Å². The highest BCUT2D eigenvalue weighted by atomic mass is 32.2. The molecule has 0 N–H and O–H groups in total. The van der Waals surface area contributed by atoms with Crippen molar-refractivity contribution in [1.82, 2.24) is 9.80 Å². The lowest BCUT2D eigenvalue weighted by molar-refractivity contribution is -0.131. The number of hydrogen-bond donors (Lipinski definition) is 0. The van der Waals surface area contributed by atoms with Gasteiger partial charge in [0.2, 0.25) is 5.91 Å². The van der Waals surface area contributed by atoms with Crippen LogP contribution in [0.25, 0.3) is 0 Å². The molecule has 0 bridgehead atoms. The van der Waals surface area contributed by atoms with Crippen molar-refractivity contribution in [3.8, 4) is 0 Å². The number of carbonyl (C=O) groups is 2. The third-order valence-corrected chi connectivity index (χ3v) is 7.44. The lowest BCUT2D eigenvalue weighted by atomic mass is 10.1. The van der Waals surface area contributed by atoms with E-state index >= 15 is 0 Å². The summed E-state index contributed by atoms with van der Waals surface area (Å²) in [6.07, 6.45) is 0.170. The molecule has 0 saturated carbocycles. The number of sulfone groups is 1. The van der Waals surface area contributed by atoms with Crippen LogP contribution in [-0.4, -0.2) is 61.5 Å². The fourth-order valence-corrected chi connectivity index (χ4v) is 4.60. The molecule has 8 heteroatoms. The van der Waals surface area contributed by atoms with Crippen LogP contribution in [0.15, 0.2) is 53.4 Å². The first-order valence-corrected chi connectivity index (χ1v) is 11.4. The minimum Gasteiger partial charge on any atom is -0.339 e. The van der Waals surface area contributed by atoms with Gasteiger partial charge in [0.15, 0.2) is 9.84 Å². The molecule has 1 fully saturated rings. The van der Waals surface area contributed by atoms with Gasteiger partial charge in [0.1, 0.15) is 5.82 Å². The molecular formula is C22H25FN2O4S. The van der Waals surface area contributed by atoms with Gasteiger partial charge >= 0.3 is 0 Å². The molecule has 0 aromatic heterocycles. The van der Waals surface area contributed by atoms with E-state index in [0.717, 1.165) is 5.56 Å². The van der Waals surface area contributed by atoms with E-state index in [9.17, 15) is 22.4 Å². The van der Waals surface area contributed by atoms with Gasteiger partial charge in [0.25, 0.3) is 5.91 Å². The van der Waals surface area contributed by atoms with Crippen LogP contribution in [0.5, 0.6) is 0 Å². The Kier molecular flexibility index (Phi) is 6.55. The summed E-state index contributed by atoms with van der Waals surface area (Å²) in [5.41, 5.74) is 0.894. The van der Waals surface area contributed by atoms with Crippen LogP contribution in [0.2, 0.25) is 0 Å². The van der Waals surface area contributed by atoms with Crippen molar-refractivity contribution in [2.75, 3.05) is 26.2 Å². The van der Waals surface area contributed by atoms with E-state index in [1.807, 2.05) is 0 Å². The SMILES string of the molecule is CC(C)S(=O)(=O)c1ccccc1C(=O)N1CCN(C(=O)Cc2ccc(F)cc2)CC1. The van der Waals surface area contributed by atoms with Gasteiger partial charge in [-0.15, -0.1) is 0 Å². The maximum atomic E-state index is 13.0. The third-order valence-electron chi connectivity index (χ3n) is 5.23. The van der Waals surface area contributed by atoms with E-state index in [2.05, 4.69) is 0 Å². The Balaban J connectivity index is 1.66. The molecule has 2 aromatic rings. The van der Waals surface area contributed by atoms with Crippen LogP contribution >= 0.6 is 0 Å². The average Bonchev–Trinajstić information content (AvgIpc) is 2.74. The lowest BCUT2D eigenvalue weighted by Gasteiger charge is -2.35. The first-order valence-electron chi connectivity index (χ1n) is 9.84. The monoisotopic (exact) mass is 432 g/mol. The molecule has 2 aromatic carbocycles. The smallest absolute Gasteiger partial charge is 0.255 e. The first kappa shape index (κ1) is 22.0. The lowest BCUT2D eigenvalue weighted by Crippen LogP contribution is -2.51. The topological polar surface area (TPSA) is 74.8 Å². The molecule has 30 heavy (non-hydrogen) atoms. The Labute approximate surface area is 176 Å². The summed E-state index contributed by atoms with van der Waals surface area (Å²) >= 11 is 0. The van der Waals surface area contributed by atoms with Crippen molar-refractivity contribution in [3.63, 3.8) is 0 Å². The molecule has 1 aliphatic heterocycles. The summed E-state index contributed by atoms with van der Waals surface area (Å²) in [6, 6.07) is 12.1. The molecule has 0 spiro atoms. The van der Waals surface area contributed by atoms with Gasteiger partial charge in [0.05, 0.1) is 22.1 Å². The summed E-state index contributed by atoms with van der Waals surface area (Å²) in [6.45, 7) is 4.55. The number of amides is 2. The Morgan fingerprint density at radius 2 is 1.50 bits per heavy atom. The van der Waals surface area contributed by atoms with Crippen molar-refractivity contribution in [2.24, 2.45) is 0 Å². The van der Waals surface area contributed by atoms with Gasteiger partial charge in [-0.2, -0.15) is 0 Å². The fourth-order valence-electron chi connectivity index (χ4n) is 3.36. The Bertz CT molecular complexity index is 1030.